The third-order valence-corrected chi connectivity index (χ3v) is 6.56. The number of benzene rings is 2. The molecule has 7 nitrogen and oxygen atoms in total. The number of pyridine rings is 1. The van der Waals surface area contributed by atoms with Gasteiger partial charge < -0.3 is 19.3 Å². The second-order valence-electron chi connectivity index (χ2n) is 8.70. The molecule has 36 heavy (non-hydrogen) atoms. The average molecular weight is 491 g/mol. The Kier molecular flexibility index (Phi) is 6.13. The Hall–Kier alpha value is -4.27. The van der Waals surface area contributed by atoms with Crippen molar-refractivity contribution in [3.05, 3.63) is 94.3 Å². The van der Waals surface area contributed by atoms with E-state index in [1.54, 1.807) is 23.2 Å². The molecule has 4 aromatic rings. The average Bonchev–Trinajstić information content (AvgIpc) is 3.18. The number of nitrogens with zero attached hydrogens (tertiary/aromatic N) is 3. The van der Waals surface area contributed by atoms with Crippen molar-refractivity contribution in [2.24, 2.45) is 0 Å². The molecule has 2 aromatic carbocycles. The van der Waals surface area contributed by atoms with Crippen LogP contribution < -0.4 is 4.74 Å². The second-order valence-corrected chi connectivity index (χ2v) is 8.70. The molecule has 1 aliphatic heterocycles. The van der Waals surface area contributed by atoms with Crippen LogP contribution in [0.3, 0.4) is 0 Å². The molecule has 0 bridgehead atoms. The van der Waals surface area contributed by atoms with Crippen LogP contribution in [0.5, 0.6) is 5.75 Å². The maximum absolute atomic E-state index is 14.5. The van der Waals surface area contributed by atoms with Gasteiger partial charge in [0.2, 0.25) is 5.91 Å². The van der Waals surface area contributed by atoms with Gasteiger partial charge in [0.1, 0.15) is 28.6 Å². The first kappa shape index (κ1) is 23.5. The SMILES string of the molecule is COc1cc(CC(=O)N2CCc3c(n(Cc4ccc(F)cc4F)c4ncccc34)C2)ccc1C(=O)O. The lowest BCUT2D eigenvalue weighted by molar-refractivity contribution is -0.131. The molecule has 1 aliphatic rings. The van der Waals surface area contributed by atoms with Crippen molar-refractivity contribution in [2.45, 2.75) is 25.9 Å². The zero-order valence-corrected chi connectivity index (χ0v) is 19.5. The van der Waals surface area contributed by atoms with E-state index in [-0.39, 0.29) is 30.2 Å². The lowest BCUT2D eigenvalue weighted by atomic mass is 10.0. The molecular formula is C27H23F2N3O4. The predicted molar refractivity (Wildman–Crippen MR) is 128 cm³/mol. The van der Waals surface area contributed by atoms with Gasteiger partial charge in [0.05, 0.1) is 26.6 Å². The Bertz CT molecular complexity index is 1500. The molecule has 0 aliphatic carbocycles. The lowest BCUT2D eigenvalue weighted by Gasteiger charge is -2.29. The fourth-order valence-corrected chi connectivity index (χ4v) is 4.77. The third-order valence-electron chi connectivity index (χ3n) is 6.56. The molecule has 184 valence electrons. The number of carboxylic acids is 1. The van der Waals surface area contributed by atoms with Crippen LogP contribution in [0.15, 0.2) is 54.7 Å². The van der Waals surface area contributed by atoms with Gasteiger partial charge in [-0.05, 0) is 47.9 Å². The fourth-order valence-electron chi connectivity index (χ4n) is 4.77. The highest BCUT2D eigenvalue weighted by molar-refractivity contribution is 5.91. The van der Waals surface area contributed by atoms with Crippen LogP contribution in [0.2, 0.25) is 0 Å². The molecule has 1 amide bonds. The first-order valence-electron chi connectivity index (χ1n) is 11.4. The van der Waals surface area contributed by atoms with Crippen molar-refractivity contribution in [2.75, 3.05) is 13.7 Å². The van der Waals surface area contributed by atoms with Gasteiger partial charge in [0, 0.05) is 35.5 Å². The fraction of sp³-hybridized carbons (Fsp3) is 0.222. The van der Waals surface area contributed by atoms with Gasteiger partial charge in [-0.3, -0.25) is 4.79 Å². The lowest BCUT2D eigenvalue weighted by Crippen LogP contribution is -2.37. The molecule has 2 aromatic heterocycles. The minimum absolute atomic E-state index is 0.0290. The molecule has 1 N–H and O–H groups in total. The van der Waals surface area contributed by atoms with E-state index in [2.05, 4.69) is 4.98 Å². The molecule has 0 spiro atoms. The summed E-state index contributed by atoms with van der Waals surface area (Å²) in [6.45, 7) is 0.984. The molecule has 0 unspecified atom stereocenters. The maximum Gasteiger partial charge on any atom is 0.339 e. The molecule has 9 heteroatoms. The van der Waals surface area contributed by atoms with Crippen LogP contribution in [0, 0.1) is 11.6 Å². The predicted octanol–water partition coefficient (Wildman–Crippen LogP) is 4.20. The normalized spacial score (nSPS) is 13.0. The minimum atomic E-state index is -1.10. The van der Waals surface area contributed by atoms with Gasteiger partial charge in [-0.25, -0.2) is 18.6 Å². The van der Waals surface area contributed by atoms with Crippen LogP contribution in [0.1, 0.15) is 32.7 Å². The quantitative estimate of drug-likeness (QED) is 0.437. The van der Waals surface area contributed by atoms with Crippen molar-refractivity contribution in [1.29, 1.82) is 0 Å². The first-order valence-corrected chi connectivity index (χ1v) is 11.4. The van der Waals surface area contributed by atoms with Crippen molar-refractivity contribution >= 4 is 22.9 Å². The molecule has 0 atom stereocenters. The van der Waals surface area contributed by atoms with Crippen LogP contribution in [0.25, 0.3) is 11.0 Å². The molecule has 3 heterocycles. The van der Waals surface area contributed by atoms with E-state index >= 15 is 0 Å². The number of carbonyl (C=O) groups is 2. The van der Waals surface area contributed by atoms with E-state index < -0.39 is 17.6 Å². The van der Waals surface area contributed by atoms with E-state index in [4.69, 9.17) is 4.74 Å². The summed E-state index contributed by atoms with van der Waals surface area (Å²) < 4.78 is 35.0. The van der Waals surface area contributed by atoms with Crippen molar-refractivity contribution in [3.63, 3.8) is 0 Å². The van der Waals surface area contributed by atoms with Crippen molar-refractivity contribution < 1.29 is 28.2 Å². The number of halogens is 2. The number of carboxylic acid groups (broad SMARTS) is 1. The second kappa shape index (κ2) is 9.41. The number of carbonyl (C=O) groups excluding carboxylic acids is 1. The molecule has 0 saturated heterocycles. The zero-order valence-electron chi connectivity index (χ0n) is 19.5. The number of aromatic carboxylic acids is 1. The highest BCUT2D eigenvalue weighted by Crippen LogP contribution is 2.31. The smallest absolute Gasteiger partial charge is 0.339 e. The maximum atomic E-state index is 14.5. The third kappa shape index (κ3) is 4.28. The van der Waals surface area contributed by atoms with E-state index in [0.29, 0.717) is 36.3 Å². The molecule has 5 rings (SSSR count). The van der Waals surface area contributed by atoms with Crippen LogP contribution in [0.4, 0.5) is 8.78 Å². The Labute approximate surface area is 205 Å². The summed E-state index contributed by atoms with van der Waals surface area (Å²) in [6.07, 6.45) is 2.36. The van der Waals surface area contributed by atoms with Gasteiger partial charge in [0.15, 0.2) is 0 Å². The van der Waals surface area contributed by atoms with Gasteiger partial charge >= 0.3 is 5.97 Å². The summed E-state index contributed by atoms with van der Waals surface area (Å²) in [4.78, 5) is 30.8. The van der Waals surface area contributed by atoms with Crippen LogP contribution in [-0.4, -0.2) is 45.1 Å². The zero-order chi connectivity index (χ0) is 25.4. The van der Waals surface area contributed by atoms with Gasteiger partial charge in [-0.1, -0.05) is 12.1 Å². The molecule has 0 radical (unpaired) electrons. The number of amides is 1. The van der Waals surface area contributed by atoms with E-state index in [0.717, 1.165) is 22.7 Å². The molecule has 0 fully saturated rings. The summed E-state index contributed by atoms with van der Waals surface area (Å²) in [6, 6.07) is 11.9. The Balaban J connectivity index is 1.44. The van der Waals surface area contributed by atoms with E-state index in [9.17, 15) is 23.5 Å². The van der Waals surface area contributed by atoms with Crippen molar-refractivity contribution in [3.8, 4) is 5.75 Å². The van der Waals surface area contributed by atoms with E-state index in [1.807, 2.05) is 16.7 Å². The largest absolute Gasteiger partial charge is 0.496 e. The number of aromatic nitrogens is 2. The topological polar surface area (TPSA) is 84.7 Å². The van der Waals surface area contributed by atoms with E-state index in [1.165, 1.54) is 25.3 Å². The number of hydrogen-bond donors (Lipinski definition) is 1. The summed E-state index contributed by atoms with van der Waals surface area (Å²) in [5.74, 6) is -2.31. The molecule has 0 saturated carbocycles. The first-order chi connectivity index (χ1) is 17.4. The Morgan fingerprint density at radius 1 is 1.14 bits per heavy atom. The number of rotatable bonds is 6. The number of methoxy groups -OCH3 is 1. The highest BCUT2D eigenvalue weighted by atomic mass is 19.1. The van der Waals surface area contributed by atoms with Crippen molar-refractivity contribution in [1.82, 2.24) is 14.5 Å². The number of hydrogen-bond acceptors (Lipinski definition) is 4. The molecular weight excluding hydrogens is 468 g/mol. The van der Waals surface area contributed by atoms with Crippen LogP contribution in [-0.2, 0) is 30.7 Å². The van der Waals surface area contributed by atoms with Crippen LogP contribution >= 0.6 is 0 Å². The van der Waals surface area contributed by atoms with Gasteiger partial charge in [0.25, 0.3) is 0 Å². The Morgan fingerprint density at radius 3 is 2.72 bits per heavy atom. The Morgan fingerprint density at radius 2 is 1.97 bits per heavy atom. The monoisotopic (exact) mass is 491 g/mol. The number of ether oxygens (including phenoxy) is 1. The minimum Gasteiger partial charge on any atom is -0.496 e. The van der Waals surface area contributed by atoms with Gasteiger partial charge in [-0.15, -0.1) is 0 Å². The summed E-state index contributed by atoms with van der Waals surface area (Å²) in [7, 11) is 1.39. The summed E-state index contributed by atoms with van der Waals surface area (Å²) in [5.41, 5.74) is 3.62. The summed E-state index contributed by atoms with van der Waals surface area (Å²) >= 11 is 0. The number of fused-ring (bicyclic) bond motifs is 3. The highest BCUT2D eigenvalue weighted by Gasteiger charge is 2.28. The summed E-state index contributed by atoms with van der Waals surface area (Å²) in [5, 5.41) is 10.2. The standard InChI is InChI=1S/C27H23F2N3O4/c1-36-24-11-16(4-7-21(24)27(34)35)12-25(33)31-10-8-19-20-3-2-9-30-26(20)32(23(19)15-31)14-17-5-6-18(28)13-22(17)29/h2-7,9,11,13H,8,10,12,14-15H2,1H3,(H,34,35). The van der Waals surface area contributed by atoms with Gasteiger partial charge in [-0.2, -0.15) is 0 Å².